The maximum absolute atomic E-state index is 7.28. The Labute approximate surface area is 64.7 Å². The minimum Gasteiger partial charge on any atom is -0.452 e. The van der Waals surface area contributed by atoms with Crippen molar-refractivity contribution in [2.45, 2.75) is 6.10 Å². The van der Waals surface area contributed by atoms with Crippen LogP contribution in [0.25, 0.3) is 0 Å². The fraction of sp³-hybridized carbons (Fsp3) is 0.833. The molecule has 0 aromatic rings. The van der Waals surface area contributed by atoms with Crippen molar-refractivity contribution in [3.63, 3.8) is 0 Å². The molecule has 64 valence electrons. The van der Waals surface area contributed by atoms with Gasteiger partial charge >= 0.3 is 0 Å². The van der Waals surface area contributed by atoms with Gasteiger partial charge in [0, 0.05) is 7.11 Å². The standard InChI is InChI=1S/C6H11NO4/c1-8-2-5-6(7)11-4-9-3-10-5/h5,7H,2-4H2,1H3. The van der Waals surface area contributed by atoms with E-state index in [4.69, 9.17) is 24.4 Å². The highest BCUT2D eigenvalue weighted by Gasteiger charge is 2.19. The quantitative estimate of drug-likeness (QED) is 0.617. The van der Waals surface area contributed by atoms with E-state index in [1.54, 1.807) is 7.11 Å². The molecule has 1 N–H and O–H groups in total. The fourth-order valence-corrected chi connectivity index (χ4v) is 0.713. The molecule has 0 saturated carbocycles. The lowest BCUT2D eigenvalue weighted by Gasteiger charge is -2.11. The van der Waals surface area contributed by atoms with Crippen LogP contribution in [-0.2, 0) is 18.9 Å². The highest BCUT2D eigenvalue weighted by Crippen LogP contribution is 2.01. The molecule has 1 unspecified atom stereocenters. The van der Waals surface area contributed by atoms with Gasteiger partial charge in [-0.05, 0) is 0 Å². The predicted molar refractivity (Wildman–Crippen MR) is 36.4 cm³/mol. The molecule has 1 rings (SSSR count). The van der Waals surface area contributed by atoms with Gasteiger partial charge < -0.3 is 18.9 Å². The maximum atomic E-state index is 7.28. The van der Waals surface area contributed by atoms with Gasteiger partial charge in [0.2, 0.25) is 5.90 Å². The summed E-state index contributed by atoms with van der Waals surface area (Å²) in [4.78, 5) is 0. The van der Waals surface area contributed by atoms with Gasteiger partial charge in [-0.3, -0.25) is 5.41 Å². The first-order valence-corrected chi connectivity index (χ1v) is 3.24. The smallest absolute Gasteiger partial charge is 0.215 e. The Morgan fingerprint density at radius 1 is 1.64 bits per heavy atom. The second-order valence-electron chi connectivity index (χ2n) is 2.06. The van der Waals surface area contributed by atoms with E-state index in [0.717, 1.165) is 0 Å². The van der Waals surface area contributed by atoms with Gasteiger partial charge in [-0.15, -0.1) is 0 Å². The topological polar surface area (TPSA) is 60.8 Å². The minimum atomic E-state index is -0.428. The number of hydrogen-bond acceptors (Lipinski definition) is 5. The molecule has 11 heavy (non-hydrogen) atoms. The Hall–Kier alpha value is -0.650. The average molecular weight is 161 g/mol. The van der Waals surface area contributed by atoms with Crippen molar-refractivity contribution in [1.82, 2.24) is 0 Å². The molecular weight excluding hydrogens is 150 g/mol. The Morgan fingerprint density at radius 3 is 3.18 bits per heavy atom. The van der Waals surface area contributed by atoms with Gasteiger partial charge in [0.1, 0.15) is 0 Å². The van der Waals surface area contributed by atoms with Crippen LogP contribution < -0.4 is 0 Å². The zero-order valence-corrected chi connectivity index (χ0v) is 6.33. The molecule has 5 nitrogen and oxygen atoms in total. The van der Waals surface area contributed by atoms with Crippen LogP contribution in [0.3, 0.4) is 0 Å². The van der Waals surface area contributed by atoms with Crippen LogP contribution in [0.2, 0.25) is 0 Å². The van der Waals surface area contributed by atoms with E-state index in [1.165, 1.54) is 0 Å². The van der Waals surface area contributed by atoms with Gasteiger partial charge in [-0.2, -0.15) is 0 Å². The van der Waals surface area contributed by atoms with Crippen LogP contribution in [0.5, 0.6) is 0 Å². The zero-order valence-electron chi connectivity index (χ0n) is 6.33. The van der Waals surface area contributed by atoms with Crippen LogP contribution in [0, 0.1) is 5.41 Å². The summed E-state index contributed by atoms with van der Waals surface area (Å²) < 4.78 is 19.5. The minimum absolute atomic E-state index is 0.0596. The van der Waals surface area contributed by atoms with E-state index in [0.29, 0.717) is 6.61 Å². The Balaban J connectivity index is 2.39. The summed E-state index contributed by atoms with van der Waals surface area (Å²) in [5.74, 6) is 0.0596. The van der Waals surface area contributed by atoms with Crippen molar-refractivity contribution in [3.05, 3.63) is 0 Å². The lowest BCUT2D eigenvalue weighted by Crippen LogP contribution is -2.28. The molecule has 0 aromatic carbocycles. The van der Waals surface area contributed by atoms with Gasteiger partial charge in [0.15, 0.2) is 19.7 Å². The third kappa shape index (κ3) is 2.45. The van der Waals surface area contributed by atoms with E-state index < -0.39 is 6.10 Å². The molecule has 1 heterocycles. The molecule has 1 fully saturated rings. The van der Waals surface area contributed by atoms with Gasteiger partial charge in [-0.25, -0.2) is 0 Å². The molecule has 0 bridgehead atoms. The van der Waals surface area contributed by atoms with Crippen molar-refractivity contribution < 1.29 is 18.9 Å². The first kappa shape index (κ1) is 8.45. The second kappa shape index (κ2) is 4.27. The normalized spacial score (nSPS) is 25.9. The molecule has 1 saturated heterocycles. The summed E-state index contributed by atoms with van der Waals surface area (Å²) in [5.41, 5.74) is 0. The second-order valence-corrected chi connectivity index (χ2v) is 2.06. The highest BCUT2D eigenvalue weighted by atomic mass is 16.8. The first-order chi connectivity index (χ1) is 5.34. The monoisotopic (exact) mass is 161 g/mol. The predicted octanol–water partition coefficient (Wildman–Crippen LogP) is -0.0429. The van der Waals surface area contributed by atoms with Crippen LogP contribution in [0.1, 0.15) is 0 Å². The number of rotatable bonds is 2. The molecule has 0 amide bonds. The summed E-state index contributed by atoms with van der Waals surface area (Å²) in [7, 11) is 1.54. The van der Waals surface area contributed by atoms with E-state index in [-0.39, 0.29) is 19.5 Å². The van der Waals surface area contributed by atoms with Crippen LogP contribution in [0.4, 0.5) is 0 Å². The van der Waals surface area contributed by atoms with Gasteiger partial charge in [-0.1, -0.05) is 0 Å². The van der Waals surface area contributed by atoms with Crippen LogP contribution in [-0.4, -0.2) is 39.3 Å². The van der Waals surface area contributed by atoms with Gasteiger partial charge in [0.05, 0.1) is 6.61 Å². The van der Waals surface area contributed by atoms with Crippen molar-refractivity contribution in [1.29, 1.82) is 5.41 Å². The molecule has 5 heteroatoms. The number of hydrogen-bond donors (Lipinski definition) is 1. The summed E-state index contributed by atoms with van der Waals surface area (Å²) in [6, 6.07) is 0. The first-order valence-electron chi connectivity index (χ1n) is 3.24. The SMILES string of the molecule is COCC1OCOCOC1=N. The summed E-state index contributed by atoms with van der Waals surface area (Å²) >= 11 is 0. The molecule has 1 atom stereocenters. The summed E-state index contributed by atoms with van der Waals surface area (Å²) in [6.45, 7) is 0.553. The zero-order chi connectivity index (χ0) is 8.10. The van der Waals surface area contributed by atoms with Crippen molar-refractivity contribution in [2.24, 2.45) is 0 Å². The highest BCUT2D eigenvalue weighted by molar-refractivity contribution is 5.77. The molecule has 0 aromatic heterocycles. The fourth-order valence-electron chi connectivity index (χ4n) is 0.713. The lowest BCUT2D eigenvalue weighted by molar-refractivity contribution is -0.0932. The maximum Gasteiger partial charge on any atom is 0.215 e. The molecule has 0 radical (unpaired) electrons. The average Bonchev–Trinajstić information content (AvgIpc) is 2.18. The van der Waals surface area contributed by atoms with Crippen molar-refractivity contribution >= 4 is 5.90 Å². The van der Waals surface area contributed by atoms with E-state index in [2.05, 4.69) is 0 Å². The molecule has 1 aliphatic rings. The van der Waals surface area contributed by atoms with Gasteiger partial charge in [0.25, 0.3) is 0 Å². The Bertz CT molecular complexity index is 139. The Morgan fingerprint density at radius 2 is 2.45 bits per heavy atom. The molecule has 0 spiro atoms. The third-order valence-electron chi connectivity index (χ3n) is 1.26. The van der Waals surface area contributed by atoms with Crippen molar-refractivity contribution in [3.8, 4) is 0 Å². The van der Waals surface area contributed by atoms with Crippen molar-refractivity contribution in [2.75, 3.05) is 27.3 Å². The largest absolute Gasteiger partial charge is 0.452 e. The summed E-state index contributed by atoms with van der Waals surface area (Å²) in [6.07, 6.45) is -0.428. The lowest BCUT2D eigenvalue weighted by atomic mass is 10.4. The number of nitrogens with one attached hydrogen (secondary N) is 1. The number of ether oxygens (including phenoxy) is 4. The molecule has 1 aliphatic heterocycles. The number of methoxy groups -OCH3 is 1. The van der Waals surface area contributed by atoms with Crippen LogP contribution >= 0.6 is 0 Å². The Kier molecular flexibility index (Phi) is 3.28. The van der Waals surface area contributed by atoms with E-state index in [1.807, 2.05) is 0 Å². The van der Waals surface area contributed by atoms with E-state index in [9.17, 15) is 0 Å². The third-order valence-corrected chi connectivity index (χ3v) is 1.26. The molecular formula is C6H11NO4. The summed E-state index contributed by atoms with van der Waals surface area (Å²) in [5, 5.41) is 7.28. The van der Waals surface area contributed by atoms with Crippen LogP contribution in [0.15, 0.2) is 0 Å². The van der Waals surface area contributed by atoms with E-state index >= 15 is 0 Å². The molecule has 0 aliphatic carbocycles.